The molecule has 0 aliphatic heterocycles. The van der Waals surface area contributed by atoms with E-state index < -0.39 is 5.92 Å². The number of carbonyl (C=O) groups excluding carboxylic acids is 2. The lowest BCUT2D eigenvalue weighted by Gasteiger charge is -2.30. The molecule has 0 amide bonds. The molecule has 1 saturated carbocycles. The van der Waals surface area contributed by atoms with Gasteiger partial charge in [-0.1, -0.05) is 52.4 Å². The molecule has 1 heterocycles. The van der Waals surface area contributed by atoms with Gasteiger partial charge in [0.15, 0.2) is 0 Å². The van der Waals surface area contributed by atoms with Crippen LogP contribution in [0, 0.1) is 25.6 Å². The molecule has 1 aromatic heterocycles. The highest BCUT2D eigenvalue weighted by Crippen LogP contribution is 2.42. The molecule has 0 bridgehead atoms. The number of Topliss-reactive ketones (excluding diaryl/α,β-unsaturated/α-hetero) is 2. The van der Waals surface area contributed by atoms with Crippen molar-refractivity contribution in [2.45, 2.75) is 45.4 Å². The molecule has 0 spiro atoms. The standard InChI is InChI=1S/C24H22BrFN2O2S/c1-12-7-13(2)21(18(25)8-12)22-19(29)10-16(11-20(22)30)14(3)23-27-28-24(31-23)15-5-4-6-17(26)9-15/h4-9,14,16,22H,10-11H2,1-3H3. The Bertz CT molecular complexity index is 1130. The molecule has 0 saturated heterocycles. The van der Waals surface area contributed by atoms with Gasteiger partial charge in [-0.05, 0) is 54.7 Å². The van der Waals surface area contributed by atoms with Gasteiger partial charge >= 0.3 is 0 Å². The number of hydrogen-bond donors (Lipinski definition) is 0. The zero-order valence-corrected chi connectivity index (χ0v) is 19.9. The second-order valence-electron chi connectivity index (χ2n) is 8.26. The fraction of sp³-hybridized carbons (Fsp3) is 0.333. The van der Waals surface area contributed by atoms with Gasteiger partial charge < -0.3 is 0 Å². The van der Waals surface area contributed by atoms with Gasteiger partial charge in [-0.15, -0.1) is 10.2 Å². The Morgan fingerprint density at radius 3 is 2.45 bits per heavy atom. The molecule has 4 nitrogen and oxygen atoms in total. The van der Waals surface area contributed by atoms with E-state index in [1.54, 1.807) is 12.1 Å². The normalized spacial score (nSPS) is 20.2. The number of aromatic nitrogens is 2. The lowest BCUT2D eigenvalue weighted by Crippen LogP contribution is -2.34. The third-order valence-corrected chi connectivity index (χ3v) is 7.78. The molecule has 0 radical (unpaired) electrons. The second-order valence-corrected chi connectivity index (χ2v) is 10.1. The molecule has 1 aliphatic carbocycles. The zero-order chi connectivity index (χ0) is 22.3. The molecule has 0 N–H and O–H groups in total. The van der Waals surface area contributed by atoms with Gasteiger partial charge in [-0.3, -0.25) is 9.59 Å². The number of carbonyl (C=O) groups is 2. The smallest absolute Gasteiger partial charge is 0.148 e. The first kappa shape index (κ1) is 22.0. The predicted octanol–water partition coefficient (Wildman–Crippen LogP) is 6.16. The summed E-state index contributed by atoms with van der Waals surface area (Å²) in [7, 11) is 0. The van der Waals surface area contributed by atoms with Gasteiger partial charge in [0.2, 0.25) is 0 Å². The molecule has 1 aliphatic rings. The summed E-state index contributed by atoms with van der Waals surface area (Å²) in [4.78, 5) is 26.2. The summed E-state index contributed by atoms with van der Waals surface area (Å²) in [6.45, 7) is 5.91. The zero-order valence-electron chi connectivity index (χ0n) is 17.5. The molecule has 160 valence electrons. The van der Waals surface area contributed by atoms with Crippen molar-refractivity contribution >= 4 is 38.8 Å². The van der Waals surface area contributed by atoms with E-state index in [0.717, 1.165) is 26.2 Å². The van der Waals surface area contributed by atoms with Gasteiger partial charge in [0, 0.05) is 28.8 Å². The first-order chi connectivity index (χ1) is 14.7. The molecular formula is C24H22BrFN2O2S. The maximum absolute atomic E-state index is 13.5. The number of halogens is 2. The average Bonchev–Trinajstić information content (AvgIpc) is 3.19. The van der Waals surface area contributed by atoms with Crippen molar-refractivity contribution in [1.82, 2.24) is 10.2 Å². The number of benzene rings is 2. The first-order valence-electron chi connectivity index (χ1n) is 10.2. The van der Waals surface area contributed by atoms with Crippen LogP contribution in [0.2, 0.25) is 0 Å². The van der Waals surface area contributed by atoms with Crippen LogP contribution in [0.1, 0.15) is 53.3 Å². The summed E-state index contributed by atoms with van der Waals surface area (Å²) >= 11 is 4.94. The van der Waals surface area contributed by atoms with Gasteiger partial charge in [-0.25, -0.2) is 4.39 Å². The van der Waals surface area contributed by atoms with Crippen LogP contribution in [0.5, 0.6) is 0 Å². The molecule has 4 rings (SSSR count). The largest absolute Gasteiger partial charge is 0.299 e. The Balaban J connectivity index is 1.55. The molecule has 1 fully saturated rings. The Morgan fingerprint density at radius 1 is 1.10 bits per heavy atom. The van der Waals surface area contributed by atoms with Crippen molar-refractivity contribution in [1.29, 1.82) is 0 Å². The number of aryl methyl sites for hydroxylation is 2. The molecule has 3 aromatic rings. The Kier molecular flexibility index (Phi) is 6.17. The van der Waals surface area contributed by atoms with Gasteiger partial charge in [0.05, 0.1) is 0 Å². The van der Waals surface area contributed by atoms with E-state index in [1.165, 1.54) is 23.5 Å². The summed E-state index contributed by atoms with van der Waals surface area (Å²) < 4.78 is 14.3. The van der Waals surface area contributed by atoms with Crippen molar-refractivity contribution in [2.24, 2.45) is 5.92 Å². The van der Waals surface area contributed by atoms with E-state index >= 15 is 0 Å². The molecule has 1 atom stereocenters. The molecule has 31 heavy (non-hydrogen) atoms. The molecule has 7 heteroatoms. The topological polar surface area (TPSA) is 59.9 Å². The third-order valence-electron chi connectivity index (χ3n) is 5.95. The fourth-order valence-electron chi connectivity index (χ4n) is 4.33. The Morgan fingerprint density at radius 2 is 1.81 bits per heavy atom. The minimum absolute atomic E-state index is 0.0457. The number of hydrogen-bond acceptors (Lipinski definition) is 5. The van der Waals surface area contributed by atoms with E-state index in [-0.39, 0.29) is 29.2 Å². The fourth-order valence-corrected chi connectivity index (χ4v) is 6.22. The van der Waals surface area contributed by atoms with Crippen molar-refractivity contribution in [3.8, 4) is 10.6 Å². The SMILES string of the molecule is Cc1cc(C)c(C2C(=O)CC(C(C)c3nnc(-c4cccc(F)c4)s3)CC2=O)c(Br)c1. The average molecular weight is 501 g/mol. The highest BCUT2D eigenvalue weighted by molar-refractivity contribution is 9.10. The molecule has 2 aromatic carbocycles. The monoisotopic (exact) mass is 500 g/mol. The Labute approximate surface area is 193 Å². The molecular weight excluding hydrogens is 479 g/mol. The van der Waals surface area contributed by atoms with Gasteiger partial charge in [-0.2, -0.15) is 0 Å². The van der Waals surface area contributed by atoms with E-state index in [4.69, 9.17) is 0 Å². The van der Waals surface area contributed by atoms with Crippen molar-refractivity contribution in [3.63, 3.8) is 0 Å². The minimum Gasteiger partial charge on any atom is -0.299 e. The van der Waals surface area contributed by atoms with Crippen LogP contribution in [0.4, 0.5) is 4.39 Å². The van der Waals surface area contributed by atoms with Crippen molar-refractivity contribution in [3.05, 3.63) is 68.4 Å². The maximum atomic E-state index is 13.5. The van der Waals surface area contributed by atoms with Crippen LogP contribution in [0.15, 0.2) is 40.9 Å². The van der Waals surface area contributed by atoms with Crippen molar-refractivity contribution < 1.29 is 14.0 Å². The summed E-state index contributed by atoms with van der Waals surface area (Å²) in [5.74, 6) is -1.33. The van der Waals surface area contributed by atoms with E-state index in [2.05, 4.69) is 26.1 Å². The maximum Gasteiger partial charge on any atom is 0.148 e. The van der Waals surface area contributed by atoms with E-state index in [0.29, 0.717) is 23.4 Å². The van der Waals surface area contributed by atoms with Crippen LogP contribution in [0.3, 0.4) is 0 Å². The van der Waals surface area contributed by atoms with Crippen LogP contribution in [-0.4, -0.2) is 21.8 Å². The number of rotatable bonds is 4. The van der Waals surface area contributed by atoms with Gasteiger partial charge in [0.25, 0.3) is 0 Å². The molecule has 1 unspecified atom stereocenters. The highest BCUT2D eigenvalue weighted by atomic mass is 79.9. The minimum atomic E-state index is -0.712. The van der Waals surface area contributed by atoms with Crippen LogP contribution >= 0.6 is 27.3 Å². The number of ketones is 2. The number of nitrogens with zero attached hydrogens (tertiary/aromatic N) is 2. The van der Waals surface area contributed by atoms with Crippen molar-refractivity contribution in [2.75, 3.05) is 0 Å². The van der Waals surface area contributed by atoms with E-state index in [9.17, 15) is 14.0 Å². The van der Waals surface area contributed by atoms with Gasteiger partial charge in [0.1, 0.15) is 33.3 Å². The predicted molar refractivity (Wildman–Crippen MR) is 123 cm³/mol. The van der Waals surface area contributed by atoms with E-state index in [1.807, 2.05) is 32.9 Å². The Hall–Kier alpha value is -2.25. The summed E-state index contributed by atoms with van der Waals surface area (Å²) in [6.07, 6.45) is 0.651. The quantitative estimate of drug-likeness (QED) is 0.402. The lowest BCUT2D eigenvalue weighted by molar-refractivity contribution is -0.134. The van der Waals surface area contributed by atoms with Crippen LogP contribution in [-0.2, 0) is 9.59 Å². The third kappa shape index (κ3) is 4.39. The summed E-state index contributed by atoms with van der Waals surface area (Å²) in [5, 5.41) is 9.87. The summed E-state index contributed by atoms with van der Waals surface area (Å²) in [6, 6.07) is 10.2. The first-order valence-corrected chi connectivity index (χ1v) is 11.8. The lowest BCUT2D eigenvalue weighted by atomic mass is 9.72. The second kappa shape index (κ2) is 8.71. The van der Waals surface area contributed by atoms with Crippen LogP contribution < -0.4 is 0 Å². The summed E-state index contributed by atoms with van der Waals surface area (Å²) in [5.41, 5.74) is 3.50. The van der Waals surface area contributed by atoms with Crippen LogP contribution in [0.25, 0.3) is 10.6 Å². The highest BCUT2D eigenvalue weighted by Gasteiger charge is 2.40.